The first-order chi connectivity index (χ1) is 33.2. The van der Waals surface area contributed by atoms with E-state index in [1.807, 2.05) is 0 Å². The van der Waals surface area contributed by atoms with Crippen molar-refractivity contribution in [2.24, 2.45) is 29.6 Å². The summed E-state index contributed by atoms with van der Waals surface area (Å²) in [6, 6.07) is 0. The van der Waals surface area contributed by atoms with Gasteiger partial charge in [-0.15, -0.1) is 0 Å². The molecule has 17 atom stereocenters. The molecule has 0 aliphatic carbocycles. The highest BCUT2D eigenvalue weighted by molar-refractivity contribution is 14.1. The zero-order chi connectivity index (χ0) is 52.2. The van der Waals surface area contributed by atoms with Crippen molar-refractivity contribution in [2.45, 2.75) is 282 Å². The van der Waals surface area contributed by atoms with Crippen molar-refractivity contribution in [3.8, 4) is 0 Å². The fourth-order valence-corrected chi connectivity index (χ4v) is 14.7. The zero-order valence-electron chi connectivity index (χ0n) is 47.2. The molecule has 0 aromatic rings. The van der Waals surface area contributed by atoms with Gasteiger partial charge in [0.05, 0.1) is 80.4 Å². The molecular formula is C58H101IO10Si2. The third kappa shape index (κ3) is 15.5. The number of carbonyl (C=O) groups is 1. The van der Waals surface area contributed by atoms with E-state index in [1.54, 1.807) is 0 Å². The maximum Gasteiger partial charge on any atom is 0.193 e. The summed E-state index contributed by atoms with van der Waals surface area (Å²) in [7, 11) is -4.42. The van der Waals surface area contributed by atoms with Gasteiger partial charge in [0.1, 0.15) is 11.9 Å². The Bertz CT molecular complexity index is 1770. The summed E-state index contributed by atoms with van der Waals surface area (Å²) in [6.45, 7) is 45.2. The van der Waals surface area contributed by atoms with E-state index in [0.717, 1.165) is 95.8 Å². The molecule has 10 nitrogen and oxygen atoms in total. The van der Waals surface area contributed by atoms with Crippen molar-refractivity contribution in [2.75, 3.05) is 13.2 Å². The average Bonchev–Trinajstić information content (AvgIpc) is 3.79. The van der Waals surface area contributed by atoms with Crippen molar-refractivity contribution in [3.05, 3.63) is 34.5 Å². The van der Waals surface area contributed by atoms with Crippen LogP contribution in [0.1, 0.15) is 166 Å². The lowest BCUT2D eigenvalue weighted by Crippen LogP contribution is -2.64. The molecule has 6 rings (SSSR count). The van der Waals surface area contributed by atoms with Gasteiger partial charge in [-0.1, -0.05) is 118 Å². The van der Waals surface area contributed by atoms with Crippen LogP contribution in [0.25, 0.3) is 0 Å². The maximum absolute atomic E-state index is 14.5. The molecule has 6 saturated heterocycles. The Morgan fingerprint density at radius 3 is 2.11 bits per heavy atom. The topological polar surface area (TPSA) is 100 Å². The van der Waals surface area contributed by atoms with Gasteiger partial charge in [-0.2, -0.15) is 0 Å². The fourth-order valence-electron chi connectivity index (χ4n) is 11.7. The van der Waals surface area contributed by atoms with Gasteiger partial charge in [0, 0.05) is 31.6 Å². The Labute approximate surface area is 448 Å². The third-order valence-corrected chi connectivity index (χ3v) is 28.1. The number of ether oxygens (including phenoxy) is 7. The number of carbonyl (C=O) groups excluding carboxylic acids is 1. The van der Waals surface area contributed by atoms with E-state index in [1.165, 1.54) is 5.57 Å². The first-order valence-electron chi connectivity index (χ1n) is 28.2. The predicted molar refractivity (Wildman–Crippen MR) is 300 cm³/mol. The standard InChI is InChI=1S/C58H101IO10Si2/c1-18-36(2)30-50-40(6)46(52(66-50)35-51-39(5)37(3)31-43(64-51)20-23-47-38(4)32-44(63-47)22-25-53-61-28-19-29-62-53)34-42(60)33-45-21-24-48-54(65-45)41(7)55(69-71(16,17)58(11,12)13)56(67-48)49(26-27-59)68-70(14,15)57(8,9)10/h26-27,36-37,40-41,43-56H,4-5,18-25,28-35H2,1-3,6-17H3/b27-26+/t36-,37+,40+,41+,43+,44+,45-,46-,47+,48+,49+,50-,51-,52+,54+,55+,56-/m1/s1. The predicted octanol–water partition coefficient (Wildman–Crippen LogP) is 14.2. The van der Waals surface area contributed by atoms with Gasteiger partial charge in [0.15, 0.2) is 22.9 Å². The molecule has 0 aromatic carbocycles. The lowest BCUT2D eigenvalue weighted by molar-refractivity contribution is -0.251. The van der Waals surface area contributed by atoms with Gasteiger partial charge >= 0.3 is 0 Å². The average molecular weight is 1140 g/mol. The molecule has 0 N–H and O–H groups in total. The second kappa shape index (κ2) is 25.4. The van der Waals surface area contributed by atoms with E-state index in [4.69, 9.17) is 42.0 Å². The maximum atomic E-state index is 14.5. The quantitative estimate of drug-likeness (QED) is 0.0627. The Hall–Kier alpha value is -0.306. The summed E-state index contributed by atoms with van der Waals surface area (Å²) in [5, 5.41) is 0.0573. The van der Waals surface area contributed by atoms with E-state index in [-0.39, 0.29) is 113 Å². The Balaban J connectivity index is 1.10. The van der Waals surface area contributed by atoms with Crippen molar-refractivity contribution < 1.29 is 46.8 Å². The fraction of sp³-hybridized carbons (Fsp3) is 0.879. The summed E-state index contributed by atoms with van der Waals surface area (Å²) in [6.07, 6.45) is 12.9. The smallest absolute Gasteiger partial charge is 0.193 e. The number of Topliss-reactive ketones (excluding diaryl/α,β-unsaturated/α-hetero) is 1. The van der Waals surface area contributed by atoms with Crippen LogP contribution in [-0.4, -0.2) is 115 Å². The molecular weight excluding hydrogens is 1040 g/mol. The van der Waals surface area contributed by atoms with E-state index < -0.39 is 16.6 Å². The zero-order valence-corrected chi connectivity index (χ0v) is 51.4. The summed E-state index contributed by atoms with van der Waals surface area (Å²) in [5.74, 6) is 1.54. The van der Waals surface area contributed by atoms with Crippen LogP contribution in [-0.2, 0) is 46.8 Å². The molecule has 6 aliphatic rings. The van der Waals surface area contributed by atoms with Crippen LogP contribution < -0.4 is 0 Å². The van der Waals surface area contributed by atoms with Crippen LogP contribution in [0.4, 0.5) is 0 Å². The summed E-state index contributed by atoms with van der Waals surface area (Å²) >= 11 is 2.32. The van der Waals surface area contributed by atoms with Crippen molar-refractivity contribution in [1.29, 1.82) is 0 Å². The molecule has 0 saturated carbocycles. The molecule has 71 heavy (non-hydrogen) atoms. The van der Waals surface area contributed by atoms with Crippen LogP contribution in [0, 0.1) is 29.6 Å². The Kier molecular flexibility index (Phi) is 21.5. The van der Waals surface area contributed by atoms with Crippen LogP contribution in [0.2, 0.25) is 36.3 Å². The van der Waals surface area contributed by atoms with E-state index in [0.29, 0.717) is 24.7 Å². The second-order valence-corrected chi connectivity index (χ2v) is 36.4. The van der Waals surface area contributed by atoms with Crippen LogP contribution in [0.15, 0.2) is 34.5 Å². The Morgan fingerprint density at radius 2 is 1.46 bits per heavy atom. The largest absolute Gasteiger partial charge is 0.411 e. The van der Waals surface area contributed by atoms with Crippen molar-refractivity contribution in [3.63, 3.8) is 0 Å². The Morgan fingerprint density at radius 1 is 0.803 bits per heavy atom. The number of fused-ring (bicyclic) bond motifs is 1. The third-order valence-electron chi connectivity index (χ3n) is 18.7. The van der Waals surface area contributed by atoms with E-state index in [2.05, 4.69) is 148 Å². The lowest BCUT2D eigenvalue weighted by Gasteiger charge is -2.54. The molecule has 0 unspecified atom stereocenters. The SMILES string of the molecule is C=C1C[C@H](CCC2OCCCO2)O[C@H]1CC[C@H]1C[C@H](C)C(=C)[C@@H](C[C@@H]2O[C@H](C[C@H](C)CC)[C@@H](C)[C@H]2CC(=O)C[C@H]2CC[C@@H]3O[C@H]([C@H](/C=C/I)O[Si](C)(C)C(C)(C)C)[C@@H](O[Si](C)(C)C(C)(C)C)[C@@H](C)[C@@H]3O2)O1. The molecule has 408 valence electrons. The van der Waals surface area contributed by atoms with Crippen LogP contribution >= 0.6 is 22.6 Å². The minimum Gasteiger partial charge on any atom is -0.411 e. The lowest BCUT2D eigenvalue weighted by atomic mass is 9.78. The molecule has 0 aromatic heterocycles. The van der Waals surface area contributed by atoms with Gasteiger partial charge in [0.2, 0.25) is 0 Å². The number of ketones is 1. The van der Waals surface area contributed by atoms with Gasteiger partial charge < -0.3 is 42.0 Å². The second-order valence-electron chi connectivity index (χ2n) is 26.2. The number of rotatable bonds is 21. The molecule has 6 heterocycles. The molecule has 6 aliphatic heterocycles. The molecule has 6 fully saturated rings. The van der Waals surface area contributed by atoms with E-state index in [9.17, 15) is 4.79 Å². The molecule has 13 heteroatoms. The first-order valence-corrected chi connectivity index (χ1v) is 35.3. The van der Waals surface area contributed by atoms with Crippen molar-refractivity contribution in [1.82, 2.24) is 0 Å². The van der Waals surface area contributed by atoms with E-state index >= 15 is 0 Å². The highest BCUT2D eigenvalue weighted by atomic mass is 127. The van der Waals surface area contributed by atoms with Gasteiger partial charge in [-0.25, -0.2) is 0 Å². The molecule has 0 spiro atoms. The van der Waals surface area contributed by atoms with Gasteiger partial charge in [-0.3, -0.25) is 4.79 Å². The number of halogens is 1. The number of hydrogen-bond acceptors (Lipinski definition) is 10. The molecule has 0 amide bonds. The molecule has 0 bridgehead atoms. The molecule has 0 radical (unpaired) electrons. The van der Waals surface area contributed by atoms with Gasteiger partial charge in [0.25, 0.3) is 0 Å². The van der Waals surface area contributed by atoms with Crippen LogP contribution in [0.3, 0.4) is 0 Å². The van der Waals surface area contributed by atoms with Crippen LogP contribution in [0.5, 0.6) is 0 Å². The van der Waals surface area contributed by atoms with Gasteiger partial charge in [-0.05, 0) is 139 Å². The minimum atomic E-state index is -2.24. The first kappa shape index (κ1) is 59.9. The van der Waals surface area contributed by atoms with Crippen molar-refractivity contribution >= 4 is 45.0 Å². The monoisotopic (exact) mass is 1140 g/mol. The highest BCUT2D eigenvalue weighted by Crippen LogP contribution is 2.47. The summed E-state index contributed by atoms with van der Waals surface area (Å²) in [4.78, 5) is 14.5. The normalized spacial score (nSPS) is 36.9. The highest BCUT2D eigenvalue weighted by Gasteiger charge is 2.54. The minimum absolute atomic E-state index is 0.0141. The summed E-state index contributed by atoms with van der Waals surface area (Å²) in [5.41, 5.74) is 2.34. The number of hydrogen-bond donors (Lipinski definition) is 0. The summed E-state index contributed by atoms with van der Waals surface area (Å²) < 4.78 is 63.1.